The summed E-state index contributed by atoms with van der Waals surface area (Å²) in [4.78, 5) is 2.37. The molecule has 1 saturated heterocycles. The standard InChI is InChI=1S/C21H20N4O/c1-15-5-7-18(8-6-15)20-23-24-21(26-20)19-9-10-25(14-19)13-17-4-2-3-16(11-17)12-22/h2-8,11,19H,9-10,13-14H2,1H3. The van der Waals surface area contributed by atoms with Gasteiger partial charge in [-0.1, -0.05) is 29.8 Å². The van der Waals surface area contributed by atoms with Gasteiger partial charge in [0.25, 0.3) is 0 Å². The van der Waals surface area contributed by atoms with E-state index in [1.807, 2.05) is 42.5 Å². The zero-order valence-corrected chi connectivity index (χ0v) is 14.7. The Bertz CT molecular complexity index is 939. The van der Waals surface area contributed by atoms with Crippen molar-refractivity contribution in [3.05, 3.63) is 71.1 Å². The minimum absolute atomic E-state index is 0.265. The van der Waals surface area contributed by atoms with Gasteiger partial charge in [0.05, 0.1) is 17.6 Å². The summed E-state index contributed by atoms with van der Waals surface area (Å²) in [6, 6.07) is 18.1. The Morgan fingerprint density at radius 3 is 2.85 bits per heavy atom. The molecule has 0 spiro atoms. The number of benzene rings is 2. The van der Waals surface area contributed by atoms with Gasteiger partial charge in [-0.15, -0.1) is 10.2 Å². The highest BCUT2D eigenvalue weighted by Gasteiger charge is 2.28. The molecule has 5 heteroatoms. The van der Waals surface area contributed by atoms with Gasteiger partial charge < -0.3 is 4.42 Å². The molecule has 26 heavy (non-hydrogen) atoms. The van der Waals surface area contributed by atoms with Gasteiger partial charge in [-0.2, -0.15) is 5.26 Å². The molecule has 0 N–H and O–H groups in total. The lowest BCUT2D eigenvalue weighted by atomic mass is 10.1. The van der Waals surface area contributed by atoms with E-state index < -0.39 is 0 Å². The van der Waals surface area contributed by atoms with Gasteiger partial charge in [0.15, 0.2) is 0 Å². The number of nitriles is 1. The predicted molar refractivity (Wildman–Crippen MR) is 98.3 cm³/mol. The molecule has 2 heterocycles. The minimum atomic E-state index is 0.265. The van der Waals surface area contributed by atoms with E-state index in [2.05, 4.69) is 34.2 Å². The highest BCUT2D eigenvalue weighted by Crippen LogP contribution is 2.29. The third kappa shape index (κ3) is 3.51. The van der Waals surface area contributed by atoms with Gasteiger partial charge in [0, 0.05) is 18.7 Å². The fourth-order valence-electron chi connectivity index (χ4n) is 3.39. The third-order valence-corrected chi connectivity index (χ3v) is 4.82. The molecule has 0 radical (unpaired) electrons. The smallest absolute Gasteiger partial charge is 0.247 e. The Kier molecular flexibility index (Phi) is 4.51. The van der Waals surface area contributed by atoms with Crippen LogP contribution < -0.4 is 0 Å². The third-order valence-electron chi connectivity index (χ3n) is 4.82. The highest BCUT2D eigenvalue weighted by molar-refractivity contribution is 5.52. The molecule has 0 aliphatic carbocycles. The average Bonchev–Trinajstić information content (AvgIpc) is 3.32. The molecule has 3 aromatic rings. The largest absolute Gasteiger partial charge is 0.420 e. The van der Waals surface area contributed by atoms with Crippen LogP contribution in [0.3, 0.4) is 0 Å². The molecule has 1 unspecified atom stereocenters. The number of aromatic nitrogens is 2. The van der Waals surface area contributed by atoms with E-state index >= 15 is 0 Å². The predicted octanol–water partition coefficient (Wildman–Crippen LogP) is 3.91. The molecule has 2 aromatic carbocycles. The average molecular weight is 344 g/mol. The van der Waals surface area contributed by atoms with E-state index in [-0.39, 0.29) is 5.92 Å². The Labute approximate surface area is 152 Å². The van der Waals surface area contributed by atoms with Crippen molar-refractivity contribution in [2.24, 2.45) is 0 Å². The lowest BCUT2D eigenvalue weighted by Crippen LogP contribution is -2.19. The second kappa shape index (κ2) is 7.11. The fourth-order valence-corrected chi connectivity index (χ4v) is 3.39. The Balaban J connectivity index is 1.42. The second-order valence-corrected chi connectivity index (χ2v) is 6.84. The first-order valence-electron chi connectivity index (χ1n) is 8.83. The van der Waals surface area contributed by atoms with Crippen LogP contribution in [0.25, 0.3) is 11.5 Å². The second-order valence-electron chi connectivity index (χ2n) is 6.84. The monoisotopic (exact) mass is 344 g/mol. The lowest BCUT2D eigenvalue weighted by molar-refractivity contribution is 0.320. The summed E-state index contributed by atoms with van der Waals surface area (Å²) in [5, 5.41) is 17.5. The fraction of sp³-hybridized carbons (Fsp3) is 0.286. The number of rotatable bonds is 4. The zero-order valence-electron chi connectivity index (χ0n) is 14.7. The summed E-state index contributed by atoms with van der Waals surface area (Å²) in [6.07, 6.45) is 1.01. The Morgan fingerprint density at radius 1 is 1.19 bits per heavy atom. The normalized spacial score (nSPS) is 17.3. The molecular weight excluding hydrogens is 324 g/mol. The molecule has 1 fully saturated rings. The number of likely N-dealkylation sites (tertiary alicyclic amines) is 1. The molecule has 0 bridgehead atoms. The molecule has 1 aliphatic heterocycles. The highest BCUT2D eigenvalue weighted by atomic mass is 16.4. The van der Waals surface area contributed by atoms with Gasteiger partial charge in [-0.3, -0.25) is 4.90 Å². The first kappa shape index (κ1) is 16.5. The summed E-state index contributed by atoms with van der Waals surface area (Å²) < 4.78 is 5.94. The van der Waals surface area contributed by atoms with Crippen LogP contribution in [0.4, 0.5) is 0 Å². The molecule has 4 rings (SSSR count). The topological polar surface area (TPSA) is 66.0 Å². The van der Waals surface area contributed by atoms with E-state index in [1.165, 1.54) is 5.56 Å². The van der Waals surface area contributed by atoms with Crippen molar-refractivity contribution in [2.45, 2.75) is 25.8 Å². The van der Waals surface area contributed by atoms with Crippen molar-refractivity contribution in [3.8, 4) is 17.5 Å². The number of aryl methyl sites for hydroxylation is 1. The van der Waals surface area contributed by atoms with Crippen LogP contribution in [0.1, 0.15) is 34.9 Å². The van der Waals surface area contributed by atoms with Crippen molar-refractivity contribution < 1.29 is 4.42 Å². The van der Waals surface area contributed by atoms with Gasteiger partial charge in [0.1, 0.15) is 0 Å². The first-order valence-corrected chi connectivity index (χ1v) is 8.83. The van der Waals surface area contributed by atoms with Crippen molar-refractivity contribution >= 4 is 0 Å². The molecule has 5 nitrogen and oxygen atoms in total. The van der Waals surface area contributed by atoms with E-state index in [4.69, 9.17) is 9.68 Å². The minimum Gasteiger partial charge on any atom is -0.420 e. The van der Waals surface area contributed by atoms with Gasteiger partial charge in [-0.25, -0.2) is 0 Å². The summed E-state index contributed by atoms with van der Waals surface area (Å²) in [5.41, 5.74) is 4.03. The summed E-state index contributed by atoms with van der Waals surface area (Å²) >= 11 is 0. The number of hydrogen-bond acceptors (Lipinski definition) is 5. The van der Waals surface area contributed by atoms with E-state index in [0.717, 1.165) is 37.2 Å². The van der Waals surface area contributed by atoms with Crippen LogP contribution in [0.15, 0.2) is 52.9 Å². The Morgan fingerprint density at radius 2 is 2.04 bits per heavy atom. The maximum absolute atomic E-state index is 9.03. The molecular formula is C21H20N4O. The summed E-state index contributed by atoms with van der Waals surface area (Å²) in [7, 11) is 0. The van der Waals surface area contributed by atoms with Crippen molar-refractivity contribution in [1.29, 1.82) is 5.26 Å². The van der Waals surface area contributed by atoms with E-state index in [9.17, 15) is 0 Å². The molecule has 1 aliphatic rings. The van der Waals surface area contributed by atoms with Crippen LogP contribution in [0.5, 0.6) is 0 Å². The summed E-state index contributed by atoms with van der Waals surface area (Å²) in [6.45, 7) is 4.78. The maximum atomic E-state index is 9.03. The molecule has 0 saturated carbocycles. The van der Waals surface area contributed by atoms with Crippen molar-refractivity contribution in [3.63, 3.8) is 0 Å². The SMILES string of the molecule is Cc1ccc(-c2nnc(C3CCN(Cc4cccc(C#N)c4)C3)o2)cc1. The van der Waals surface area contributed by atoms with Crippen LogP contribution >= 0.6 is 0 Å². The lowest BCUT2D eigenvalue weighted by Gasteiger charge is -2.15. The van der Waals surface area contributed by atoms with Crippen LogP contribution in [0, 0.1) is 18.3 Å². The van der Waals surface area contributed by atoms with E-state index in [0.29, 0.717) is 17.3 Å². The van der Waals surface area contributed by atoms with Crippen molar-refractivity contribution in [2.75, 3.05) is 13.1 Å². The van der Waals surface area contributed by atoms with Crippen LogP contribution in [0.2, 0.25) is 0 Å². The first-order chi connectivity index (χ1) is 12.7. The van der Waals surface area contributed by atoms with Gasteiger partial charge in [-0.05, 0) is 49.7 Å². The van der Waals surface area contributed by atoms with Crippen LogP contribution in [-0.4, -0.2) is 28.2 Å². The summed E-state index contributed by atoms with van der Waals surface area (Å²) in [5.74, 6) is 1.56. The Hall–Kier alpha value is -2.97. The van der Waals surface area contributed by atoms with E-state index in [1.54, 1.807) is 0 Å². The molecule has 0 amide bonds. The molecule has 1 atom stereocenters. The molecule has 130 valence electrons. The number of hydrogen-bond donors (Lipinski definition) is 0. The quantitative estimate of drug-likeness (QED) is 0.718. The van der Waals surface area contributed by atoms with Crippen molar-refractivity contribution in [1.82, 2.24) is 15.1 Å². The van der Waals surface area contributed by atoms with Gasteiger partial charge in [0.2, 0.25) is 11.8 Å². The van der Waals surface area contributed by atoms with Crippen LogP contribution in [-0.2, 0) is 6.54 Å². The van der Waals surface area contributed by atoms with Gasteiger partial charge >= 0.3 is 0 Å². The zero-order chi connectivity index (χ0) is 17.9. The number of nitrogens with zero attached hydrogens (tertiary/aromatic N) is 4. The molecule has 1 aromatic heterocycles. The maximum Gasteiger partial charge on any atom is 0.247 e.